The highest BCUT2D eigenvalue weighted by molar-refractivity contribution is 7.89. The molecule has 48 heavy (non-hydrogen) atoms. The zero-order valence-corrected chi connectivity index (χ0v) is 28.2. The summed E-state index contributed by atoms with van der Waals surface area (Å²) in [4.78, 5) is 41.1. The number of ether oxygens (including phenoxy) is 3. The van der Waals surface area contributed by atoms with Crippen molar-refractivity contribution in [3.8, 4) is 5.75 Å². The van der Waals surface area contributed by atoms with Gasteiger partial charge in [-0.3, -0.25) is 19.8 Å². The predicted octanol–water partition coefficient (Wildman–Crippen LogP) is 0.210. The molecule has 2 aromatic rings. The average molecular weight is 690 g/mol. The molecule has 0 bridgehead atoms. The van der Waals surface area contributed by atoms with Gasteiger partial charge in [0.15, 0.2) is 0 Å². The summed E-state index contributed by atoms with van der Waals surface area (Å²) in [6.07, 6.45) is 0.454. The first-order chi connectivity index (χ1) is 22.9. The molecule has 1 aliphatic rings. The van der Waals surface area contributed by atoms with E-state index in [1.54, 1.807) is 24.3 Å². The maximum atomic E-state index is 13.9. The molecular formula is C32H47N7O8S. The van der Waals surface area contributed by atoms with Gasteiger partial charge in [-0.1, -0.05) is 24.3 Å². The zero-order valence-electron chi connectivity index (χ0n) is 27.4. The summed E-state index contributed by atoms with van der Waals surface area (Å²) >= 11 is 0. The molecule has 8 N–H and O–H groups in total. The number of benzene rings is 2. The number of nitrogens with two attached hydrogens (primary N) is 2. The number of rotatable bonds is 20. The topological polar surface area (TPSA) is 228 Å². The van der Waals surface area contributed by atoms with Crippen LogP contribution in [-0.2, 0) is 40.4 Å². The lowest BCUT2D eigenvalue weighted by Gasteiger charge is -2.28. The van der Waals surface area contributed by atoms with Crippen LogP contribution in [-0.4, -0.2) is 102 Å². The molecule has 0 saturated carbocycles. The van der Waals surface area contributed by atoms with Gasteiger partial charge >= 0.3 is 0 Å². The summed E-state index contributed by atoms with van der Waals surface area (Å²) in [6, 6.07) is 10.4. The number of hydrogen-bond donors (Lipinski definition) is 6. The molecule has 15 nitrogen and oxygen atoms in total. The zero-order chi connectivity index (χ0) is 35.1. The predicted molar refractivity (Wildman–Crippen MR) is 179 cm³/mol. The van der Waals surface area contributed by atoms with Gasteiger partial charge < -0.3 is 41.2 Å². The molecule has 3 amide bonds. The monoisotopic (exact) mass is 689 g/mol. The lowest BCUT2D eigenvalue weighted by molar-refractivity contribution is -0.140. The second-order valence-corrected chi connectivity index (χ2v) is 13.0. The van der Waals surface area contributed by atoms with Gasteiger partial charge in [-0.05, 0) is 56.0 Å². The summed E-state index contributed by atoms with van der Waals surface area (Å²) in [5, 5.41) is 13.1. The summed E-state index contributed by atoms with van der Waals surface area (Å²) < 4.78 is 45.2. The van der Waals surface area contributed by atoms with Crippen LogP contribution in [0.1, 0.15) is 43.7 Å². The molecule has 1 unspecified atom stereocenters. The molecule has 0 aromatic heterocycles. The molecule has 1 fully saturated rings. The van der Waals surface area contributed by atoms with Crippen LogP contribution in [0.3, 0.4) is 0 Å². The lowest BCUT2D eigenvalue weighted by Crippen LogP contribution is -2.53. The van der Waals surface area contributed by atoms with E-state index >= 15 is 0 Å². The van der Waals surface area contributed by atoms with Crippen molar-refractivity contribution in [2.24, 2.45) is 11.5 Å². The Bertz CT molecular complexity index is 1470. The van der Waals surface area contributed by atoms with Crippen LogP contribution < -0.4 is 31.6 Å². The minimum absolute atomic E-state index is 0.0655. The van der Waals surface area contributed by atoms with Crippen LogP contribution in [0.25, 0.3) is 0 Å². The van der Waals surface area contributed by atoms with Gasteiger partial charge in [0.2, 0.25) is 27.7 Å². The number of amides is 3. The second kappa shape index (κ2) is 19.0. The maximum Gasteiger partial charge on any atom is 0.243 e. The maximum absolute atomic E-state index is 13.9. The highest BCUT2D eigenvalue weighted by atomic mass is 32.2. The number of hydrogen-bond acceptors (Lipinski definition) is 10. The third-order valence-electron chi connectivity index (χ3n) is 7.64. The number of likely N-dealkylation sites (tertiary alicyclic amines) is 1. The molecule has 0 aliphatic carbocycles. The van der Waals surface area contributed by atoms with E-state index < -0.39 is 33.9 Å². The Hall–Kier alpha value is -4.09. The van der Waals surface area contributed by atoms with Crippen molar-refractivity contribution in [1.29, 1.82) is 5.41 Å². The fraction of sp³-hybridized carbons (Fsp3) is 0.500. The first-order valence-corrected chi connectivity index (χ1v) is 17.3. The normalized spacial score (nSPS) is 15.8. The highest BCUT2D eigenvalue weighted by Gasteiger charge is 2.38. The third-order valence-corrected chi connectivity index (χ3v) is 9.12. The average Bonchev–Trinajstić information content (AvgIpc) is 3.58. The van der Waals surface area contributed by atoms with Gasteiger partial charge in [-0.2, -0.15) is 4.72 Å². The van der Waals surface area contributed by atoms with E-state index in [9.17, 15) is 22.8 Å². The minimum Gasteiger partial charge on any atom is -0.497 e. The van der Waals surface area contributed by atoms with Crippen LogP contribution >= 0.6 is 0 Å². The second-order valence-electron chi connectivity index (χ2n) is 11.3. The summed E-state index contributed by atoms with van der Waals surface area (Å²) in [6.45, 7) is 3.92. The summed E-state index contributed by atoms with van der Waals surface area (Å²) in [7, 11) is -2.73. The lowest BCUT2D eigenvalue weighted by atomic mass is 10.1. The number of carbonyl (C=O) groups is 3. The molecule has 3 rings (SSSR count). The van der Waals surface area contributed by atoms with Crippen molar-refractivity contribution in [3.05, 3.63) is 59.7 Å². The van der Waals surface area contributed by atoms with E-state index in [0.29, 0.717) is 43.9 Å². The fourth-order valence-electron chi connectivity index (χ4n) is 5.05. The number of nitrogens with one attached hydrogen (secondary N) is 4. The quantitative estimate of drug-likeness (QED) is 0.0629. The van der Waals surface area contributed by atoms with Crippen molar-refractivity contribution >= 4 is 33.6 Å². The number of sulfonamides is 1. The molecule has 0 spiro atoms. The van der Waals surface area contributed by atoms with Gasteiger partial charge in [0.05, 0.1) is 37.9 Å². The Labute approximate surface area is 281 Å². The van der Waals surface area contributed by atoms with E-state index in [1.807, 2.05) is 6.92 Å². The third kappa shape index (κ3) is 11.9. The van der Waals surface area contributed by atoms with Gasteiger partial charge in [0.25, 0.3) is 0 Å². The Morgan fingerprint density at radius 3 is 2.42 bits per heavy atom. The van der Waals surface area contributed by atoms with Crippen LogP contribution in [0.2, 0.25) is 0 Å². The SMILES string of the molecule is COc1ccc(S(=O)(=O)N[C@@H](CCC(=O)NCCOC(C)COCCN)C(=O)N2CCC[C@H]2C(=O)NCc2ccc(C(=N)N)cc2)cc1. The van der Waals surface area contributed by atoms with Gasteiger partial charge in [0, 0.05) is 38.2 Å². The largest absolute Gasteiger partial charge is 0.497 e. The molecule has 1 heterocycles. The van der Waals surface area contributed by atoms with Crippen LogP contribution in [0.15, 0.2) is 53.4 Å². The van der Waals surface area contributed by atoms with E-state index in [-0.39, 0.29) is 61.8 Å². The first kappa shape index (κ1) is 38.4. The molecule has 264 valence electrons. The van der Waals surface area contributed by atoms with Crippen LogP contribution in [0, 0.1) is 5.41 Å². The number of amidine groups is 1. The van der Waals surface area contributed by atoms with Gasteiger partial charge in [0.1, 0.15) is 23.7 Å². The Balaban J connectivity index is 1.66. The standard InChI is InChI=1S/C32H47N7O8S/c1-22(21-46-18-15-33)47-19-16-36-29(40)14-13-27(38-48(43,44)26-11-9-25(45-2)10-12-26)32(42)39-17-3-4-28(39)31(41)37-20-23-5-7-24(8-6-23)30(34)35/h5-12,22,27-28,38H,3-4,13-21,33H2,1-2H3,(H3,34,35)(H,36,40)(H,37,41)/t22?,27-,28-/m0/s1. The summed E-state index contributed by atoms with van der Waals surface area (Å²) in [5.41, 5.74) is 12.2. The summed E-state index contributed by atoms with van der Waals surface area (Å²) in [5.74, 6) is -0.977. The first-order valence-electron chi connectivity index (χ1n) is 15.8. The smallest absolute Gasteiger partial charge is 0.243 e. The molecule has 2 aromatic carbocycles. The van der Waals surface area contributed by atoms with Crippen molar-refractivity contribution in [2.75, 3.05) is 46.6 Å². The van der Waals surface area contributed by atoms with Crippen molar-refractivity contribution in [3.63, 3.8) is 0 Å². The minimum atomic E-state index is -4.19. The van der Waals surface area contributed by atoms with Crippen LogP contribution in [0.5, 0.6) is 5.75 Å². The Kier molecular flexibility index (Phi) is 15.2. The molecular weight excluding hydrogens is 642 g/mol. The Morgan fingerprint density at radius 2 is 1.77 bits per heavy atom. The number of nitrogen functional groups attached to an aromatic ring is 1. The van der Waals surface area contributed by atoms with Gasteiger partial charge in [-0.25, -0.2) is 8.42 Å². The van der Waals surface area contributed by atoms with Gasteiger partial charge in [-0.15, -0.1) is 0 Å². The number of nitrogens with zero attached hydrogens (tertiary/aromatic N) is 1. The molecule has 16 heteroatoms. The van der Waals surface area contributed by atoms with E-state index in [2.05, 4.69) is 15.4 Å². The molecule has 3 atom stereocenters. The Morgan fingerprint density at radius 1 is 1.06 bits per heavy atom. The molecule has 0 radical (unpaired) electrons. The molecule has 1 aliphatic heterocycles. The number of carbonyl (C=O) groups excluding carboxylic acids is 3. The van der Waals surface area contributed by atoms with Crippen molar-refractivity contribution in [2.45, 2.75) is 62.2 Å². The van der Waals surface area contributed by atoms with Crippen molar-refractivity contribution < 1.29 is 37.0 Å². The fourth-order valence-corrected chi connectivity index (χ4v) is 6.27. The van der Waals surface area contributed by atoms with Crippen LogP contribution in [0.4, 0.5) is 0 Å². The van der Waals surface area contributed by atoms with E-state index in [1.165, 1.54) is 36.3 Å². The number of methoxy groups -OCH3 is 1. The van der Waals surface area contributed by atoms with Crippen molar-refractivity contribution in [1.82, 2.24) is 20.3 Å². The molecule has 1 saturated heterocycles. The highest BCUT2D eigenvalue weighted by Crippen LogP contribution is 2.22. The van der Waals surface area contributed by atoms with E-state index in [0.717, 1.165) is 5.56 Å². The van der Waals surface area contributed by atoms with E-state index in [4.69, 9.17) is 31.1 Å².